The van der Waals surface area contributed by atoms with Gasteiger partial charge in [-0.3, -0.25) is 4.90 Å². The Morgan fingerprint density at radius 3 is 2.58 bits per heavy atom. The smallest absolute Gasteiger partial charge is 0.160 e. The molecule has 0 amide bonds. The Morgan fingerprint density at radius 2 is 2.00 bits per heavy atom. The SMILES string of the molecule is COc1cc(CN2[C@H]3CC[C@H]2CC(O)(c2nccn2C)C3)c(Cl)cc1O. The van der Waals surface area contributed by atoms with Crippen LogP contribution in [0.25, 0.3) is 0 Å². The summed E-state index contributed by atoms with van der Waals surface area (Å²) in [4.78, 5) is 6.82. The van der Waals surface area contributed by atoms with Crippen molar-refractivity contribution in [1.82, 2.24) is 14.5 Å². The number of phenols is 1. The fourth-order valence-corrected chi connectivity index (χ4v) is 4.85. The van der Waals surface area contributed by atoms with Crippen molar-refractivity contribution in [3.8, 4) is 11.5 Å². The lowest BCUT2D eigenvalue weighted by molar-refractivity contribution is -0.0669. The molecule has 2 atom stereocenters. The predicted octanol–water partition coefficient (Wildman–Crippen LogP) is 2.80. The lowest BCUT2D eigenvalue weighted by Gasteiger charge is -2.43. The number of aliphatic hydroxyl groups is 1. The summed E-state index contributed by atoms with van der Waals surface area (Å²) in [6.07, 6.45) is 7.07. The summed E-state index contributed by atoms with van der Waals surface area (Å²) in [6.45, 7) is 0.682. The average Bonchev–Trinajstić information content (AvgIpc) is 3.13. The molecule has 2 bridgehead atoms. The normalized spacial score (nSPS) is 28.5. The number of aromatic nitrogens is 2. The third-order valence-electron chi connectivity index (χ3n) is 5.86. The lowest BCUT2D eigenvalue weighted by atomic mass is 9.85. The number of ether oxygens (including phenoxy) is 1. The van der Waals surface area contributed by atoms with Crippen LogP contribution in [-0.4, -0.2) is 43.9 Å². The van der Waals surface area contributed by atoms with Crippen molar-refractivity contribution in [3.05, 3.63) is 40.9 Å². The van der Waals surface area contributed by atoms with Gasteiger partial charge in [-0.15, -0.1) is 0 Å². The molecule has 0 radical (unpaired) electrons. The number of methoxy groups -OCH3 is 1. The van der Waals surface area contributed by atoms with Gasteiger partial charge < -0.3 is 19.5 Å². The predicted molar refractivity (Wildman–Crippen MR) is 98.4 cm³/mol. The van der Waals surface area contributed by atoms with Gasteiger partial charge in [-0.25, -0.2) is 4.98 Å². The van der Waals surface area contributed by atoms with E-state index < -0.39 is 5.60 Å². The Morgan fingerprint density at radius 1 is 1.31 bits per heavy atom. The molecule has 0 spiro atoms. The first-order valence-electron chi connectivity index (χ1n) is 8.92. The third kappa shape index (κ3) is 2.86. The molecule has 0 unspecified atom stereocenters. The summed E-state index contributed by atoms with van der Waals surface area (Å²) < 4.78 is 7.13. The number of rotatable bonds is 4. The molecule has 0 saturated carbocycles. The van der Waals surface area contributed by atoms with Gasteiger partial charge in [-0.2, -0.15) is 0 Å². The van der Waals surface area contributed by atoms with Crippen molar-refractivity contribution in [1.29, 1.82) is 0 Å². The molecule has 140 valence electrons. The Bertz CT molecular complexity index is 808. The summed E-state index contributed by atoms with van der Waals surface area (Å²) in [5.41, 5.74) is 0.0532. The first-order valence-corrected chi connectivity index (χ1v) is 9.30. The highest BCUT2D eigenvalue weighted by Gasteiger charge is 2.49. The minimum atomic E-state index is -0.878. The van der Waals surface area contributed by atoms with E-state index in [1.54, 1.807) is 12.3 Å². The summed E-state index contributed by atoms with van der Waals surface area (Å²) >= 11 is 6.35. The molecule has 2 fully saturated rings. The number of piperidine rings is 1. The molecule has 1 aromatic carbocycles. The van der Waals surface area contributed by atoms with E-state index in [9.17, 15) is 10.2 Å². The van der Waals surface area contributed by atoms with Crippen LogP contribution in [0.15, 0.2) is 24.5 Å². The van der Waals surface area contributed by atoms with Crippen LogP contribution in [0.4, 0.5) is 0 Å². The molecule has 4 rings (SSSR count). The highest BCUT2D eigenvalue weighted by molar-refractivity contribution is 6.31. The van der Waals surface area contributed by atoms with Gasteiger partial charge in [0.15, 0.2) is 11.5 Å². The summed E-state index contributed by atoms with van der Waals surface area (Å²) in [5, 5.41) is 21.7. The lowest BCUT2D eigenvalue weighted by Crippen LogP contribution is -2.50. The number of benzene rings is 1. The number of hydrogen-bond acceptors (Lipinski definition) is 5. The van der Waals surface area contributed by atoms with Crippen molar-refractivity contribution in [2.45, 2.75) is 49.9 Å². The fourth-order valence-electron chi connectivity index (χ4n) is 4.64. The van der Waals surface area contributed by atoms with Crippen LogP contribution in [0, 0.1) is 0 Å². The molecule has 3 heterocycles. The Labute approximate surface area is 158 Å². The minimum Gasteiger partial charge on any atom is -0.504 e. The van der Waals surface area contributed by atoms with Crippen molar-refractivity contribution >= 4 is 11.6 Å². The average molecular weight is 378 g/mol. The molecule has 2 aliphatic heterocycles. The van der Waals surface area contributed by atoms with Crippen molar-refractivity contribution in [2.24, 2.45) is 7.05 Å². The molecule has 26 heavy (non-hydrogen) atoms. The van der Waals surface area contributed by atoms with Gasteiger partial charge >= 0.3 is 0 Å². The first kappa shape index (κ1) is 17.6. The third-order valence-corrected chi connectivity index (χ3v) is 6.21. The van der Waals surface area contributed by atoms with Crippen molar-refractivity contribution in [2.75, 3.05) is 7.11 Å². The van der Waals surface area contributed by atoms with E-state index >= 15 is 0 Å². The van der Waals surface area contributed by atoms with Crippen LogP contribution >= 0.6 is 11.6 Å². The van der Waals surface area contributed by atoms with Crippen LogP contribution in [0.1, 0.15) is 37.1 Å². The molecular formula is C19H24ClN3O3. The van der Waals surface area contributed by atoms with Crippen molar-refractivity contribution in [3.63, 3.8) is 0 Å². The zero-order chi connectivity index (χ0) is 18.5. The monoisotopic (exact) mass is 377 g/mol. The van der Waals surface area contributed by atoms with Crippen LogP contribution in [-0.2, 0) is 19.2 Å². The molecule has 6 nitrogen and oxygen atoms in total. The Kier molecular flexibility index (Phi) is 4.37. The molecule has 2 saturated heterocycles. The quantitative estimate of drug-likeness (QED) is 0.857. The number of aryl methyl sites for hydroxylation is 1. The molecule has 2 aliphatic rings. The second kappa shape index (κ2) is 6.44. The molecule has 2 aromatic rings. The highest BCUT2D eigenvalue weighted by Crippen LogP contribution is 2.46. The summed E-state index contributed by atoms with van der Waals surface area (Å²) in [5.74, 6) is 1.23. The molecule has 7 heteroatoms. The highest BCUT2D eigenvalue weighted by atomic mass is 35.5. The van der Waals surface area contributed by atoms with Crippen LogP contribution < -0.4 is 4.74 Å². The molecule has 2 N–H and O–H groups in total. The van der Waals surface area contributed by atoms with Gasteiger partial charge in [0.05, 0.1) is 7.11 Å². The fraction of sp³-hybridized carbons (Fsp3) is 0.526. The van der Waals surface area contributed by atoms with Gasteiger partial charge in [0.1, 0.15) is 11.4 Å². The molecular weight excluding hydrogens is 354 g/mol. The number of nitrogens with zero attached hydrogens (tertiary/aromatic N) is 3. The van der Waals surface area contributed by atoms with E-state index in [0.717, 1.165) is 24.2 Å². The second-order valence-corrected chi connectivity index (χ2v) is 7.88. The number of aromatic hydroxyl groups is 1. The van der Waals surface area contributed by atoms with Crippen LogP contribution in [0.3, 0.4) is 0 Å². The van der Waals surface area contributed by atoms with Crippen LogP contribution in [0.2, 0.25) is 5.02 Å². The number of imidazole rings is 1. The zero-order valence-corrected chi connectivity index (χ0v) is 15.8. The maximum atomic E-state index is 11.3. The van der Waals surface area contributed by atoms with Crippen molar-refractivity contribution < 1.29 is 14.9 Å². The first-order chi connectivity index (χ1) is 12.4. The Hall–Kier alpha value is -1.76. The second-order valence-electron chi connectivity index (χ2n) is 7.47. The summed E-state index contributed by atoms with van der Waals surface area (Å²) in [6, 6.07) is 3.90. The van der Waals surface area contributed by atoms with Gasteiger partial charge in [-0.1, -0.05) is 11.6 Å². The Balaban J connectivity index is 1.57. The van der Waals surface area contributed by atoms with Gasteiger partial charge in [0.25, 0.3) is 0 Å². The maximum absolute atomic E-state index is 11.3. The van der Waals surface area contributed by atoms with Gasteiger partial charge in [-0.05, 0) is 37.3 Å². The topological polar surface area (TPSA) is 70.8 Å². The van der Waals surface area contributed by atoms with E-state index in [0.29, 0.717) is 30.2 Å². The van der Waals surface area contributed by atoms with E-state index in [2.05, 4.69) is 9.88 Å². The number of hydrogen-bond donors (Lipinski definition) is 2. The number of phenolic OH excluding ortho intramolecular Hbond substituents is 1. The summed E-state index contributed by atoms with van der Waals surface area (Å²) in [7, 11) is 3.46. The van der Waals surface area contributed by atoms with Crippen LogP contribution in [0.5, 0.6) is 11.5 Å². The molecule has 1 aromatic heterocycles. The maximum Gasteiger partial charge on any atom is 0.160 e. The van der Waals surface area contributed by atoms with E-state index in [1.807, 2.05) is 17.8 Å². The largest absolute Gasteiger partial charge is 0.504 e. The van der Waals surface area contributed by atoms with E-state index in [1.165, 1.54) is 13.2 Å². The van der Waals surface area contributed by atoms with E-state index in [-0.39, 0.29) is 17.8 Å². The minimum absolute atomic E-state index is 0.0482. The van der Waals surface area contributed by atoms with E-state index in [4.69, 9.17) is 16.3 Å². The standard InChI is InChI=1S/C19H24ClN3O3/c1-22-6-5-21-18(22)19(25)9-13-3-4-14(10-19)23(13)11-12-7-17(26-2)16(24)8-15(12)20/h5-8,13-14,24-25H,3-4,9-11H2,1-2H3/t13-,14-/m0/s1. The zero-order valence-electron chi connectivity index (χ0n) is 15.0. The van der Waals surface area contributed by atoms with Gasteiger partial charge in [0, 0.05) is 49.2 Å². The number of halogens is 1. The van der Waals surface area contributed by atoms with Gasteiger partial charge in [0.2, 0.25) is 0 Å². The molecule has 0 aliphatic carbocycles. The number of fused-ring (bicyclic) bond motifs is 2.